The van der Waals surface area contributed by atoms with Gasteiger partial charge in [-0.25, -0.2) is 4.99 Å². The van der Waals surface area contributed by atoms with Gasteiger partial charge in [0, 0.05) is 63.7 Å². The van der Waals surface area contributed by atoms with Gasteiger partial charge in [0.2, 0.25) is 5.91 Å². The van der Waals surface area contributed by atoms with E-state index in [2.05, 4.69) is 40.4 Å². The summed E-state index contributed by atoms with van der Waals surface area (Å²) in [6.45, 7) is 12.3. The van der Waals surface area contributed by atoms with Crippen molar-refractivity contribution < 1.29 is 9.21 Å². The fraction of sp³-hybridized carbons (Fsp3) is 0.524. The zero-order valence-electron chi connectivity index (χ0n) is 17.1. The molecule has 1 amide bonds. The molecule has 0 aliphatic carbocycles. The van der Waals surface area contributed by atoms with Gasteiger partial charge in [0.05, 0.1) is 0 Å². The molecule has 0 unspecified atom stereocenters. The molecule has 1 aliphatic heterocycles. The number of piperazine rings is 1. The third-order valence-corrected chi connectivity index (χ3v) is 5.21. The maximum absolute atomic E-state index is 11.4. The number of aliphatic imine (C=N–C) groups is 1. The fourth-order valence-electron chi connectivity index (χ4n) is 3.49. The molecule has 2 aromatic rings. The quantitative estimate of drug-likeness (QED) is 0.587. The molecule has 0 radical (unpaired) electrons. The van der Waals surface area contributed by atoms with E-state index in [-0.39, 0.29) is 5.91 Å². The molecule has 152 valence electrons. The standard InChI is InChI=1S/C21H31N5O2/c1-4-22-21(23-9-10-25-11-13-26(14-12-25)17(3)27)24-15-20-16(2)18-7-5-6-8-19(18)28-20/h5-8H,4,9-15H2,1-3H3,(H2,22,23,24). The molecule has 0 atom stereocenters. The van der Waals surface area contributed by atoms with Gasteiger partial charge in [-0.15, -0.1) is 0 Å². The Morgan fingerprint density at radius 1 is 1.18 bits per heavy atom. The van der Waals surface area contributed by atoms with E-state index in [0.29, 0.717) is 6.54 Å². The van der Waals surface area contributed by atoms with E-state index in [1.54, 1.807) is 6.92 Å². The number of fused-ring (bicyclic) bond motifs is 1. The van der Waals surface area contributed by atoms with Gasteiger partial charge in [-0.2, -0.15) is 0 Å². The molecule has 1 fully saturated rings. The summed E-state index contributed by atoms with van der Waals surface area (Å²) in [6, 6.07) is 8.08. The number of para-hydroxylation sites is 1. The zero-order valence-corrected chi connectivity index (χ0v) is 17.1. The first-order valence-corrected chi connectivity index (χ1v) is 10.1. The molecule has 1 aromatic heterocycles. The van der Waals surface area contributed by atoms with Gasteiger partial charge >= 0.3 is 0 Å². The molecule has 28 heavy (non-hydrogen) atoms. The molecule has 1 aliphatic rings. The largest absolute Gasteiger partial charge is 0.459 e. The van der Waals surface area contributed by atoms with E-state index in [0.717, 1.165) is 74.1 Å². The van der Waals surface area contributed by atoms with Crippen molar-refractivity contribution in [2.45, 2.75) is 27.3 Å². The molecule has 2 N–H and O–H groups in total. The first-order valence-electron chi connectivity index (χ1n) is 10.1. The summed E-state index contributed by atoms with van der Waals surface area (Å²) < 4.78 is 5.95. The van der Waals surface area contributed by atoms with Gasteiger partial charge in [0.15, 0.2) is 5.96 Å². The van der Waals surface area contributed by atoms with Gasteiger partial charge in [-0.3, -0.25) is 9.69 Å². The van der Waals surface area contributed by atoms with E-state index in [1.165, 1.54) is 0 Å². The summed E-state index contributed by atoms with van der Waals surface area (Å²) in [5, 5.41) is 7.84. The van der Waals surface area contributed by atoms with Crippen LogP contribution in [-0.4, -0.2) is 67.5 Å². The second kappa shape index (κ2) is 9.59. The minimum absolute atomic E-state index is 0.167. The van der Waals surface area contributed by atoms with Crippen LogP contribution in [0.4, 0.5) is 0 Å². The van der Waals surface area contributed by atoms with Gasteiger partial charge in [0.25, 0.3) is 0 Å². The summed E-state index contributed by atoms with van der Waals surface area (Å²) in [4.78, 5) is 20.4. The lowest BCUT2D eigenvalue weighted by atomic mass is 10.1. The Morgan fingerprint density at radius 3 is 2.61 bits per heavy atom. The lowest BCUT2D eigenvalue weighted by molar-refractivity contribution is -0.130. The average Bonchev–Trinajstić information content (AvgIpc) is 3.02. The van der Waals surface area contributed by atoms with Gasteiger partial charge in [0.1, 0.15) is 17.9 Å². The molecule has 3 rings (SSSR count). The number of rotatable bonds is 6. The van der Waals surface area contributed by atoms with Crippen LogP contribution in [0, 0.1) is 6.92 Å². The lowest BCUT2D eigenvalue weighted by Crippen LogP contribution is -2.50. The van der Waals surface area contributed by atoms with E-state index in [9.17, 15) is 4.79 Å². The number of guanidine groups is 1. The molecule has 0 saturated carbocycles. The lowest BCUT2D eigenvalue weighted by Gasteiger charge is -2.34. The molecule has 0 bridgehead atoms. The topological polar surface area (TPSA) is 73.1 Å². The Bertz CT molecular complexity index is 821. The monoisotopic (exact) mass is 385 g/mol. The van der Waals surface area contributed by atoms with Crippen LogP contribution in [0.1, 0.15) is 25.2 Å². The van der Waals surface area contributed by atoms with Crippen LogP contribution < -0.4 is 10.6 Å². The minimum atomic E-state index is 0.167. The van der Waals surface area contributed by atoms with Crippen LogP contribution in [0.5, 0.6) is 0 Å². The predicted molar refractivity (Wildman–Crippen MR) is 112 cm³/mol. The van der Waals surface area contributed by atoms with Crippen molar-refractivity contribution in [1.29, 1.82) is 0 Å². The van der Waals surface area contributed by atoms with Crippen molar-refractivity contribution in [2.75, 3.05) is 45.8 Å². The number of amides is 1. The number of furan rings is 1. The van der Waals surface area contributed by atoms with Crippen LogP contribution in [0.3, 0.4) is 0 Å². The number of aryl methyl sites for hydroxylation is 1. The van der Waals surface area contributed by atoms with Gasteiger partial charge in [-0.1, -0.05) is 18.2 Å². The van der Waals surface area contributed by atoms with E-state index in [1.807, 2.05) is 23.1 Å². The van der Waals surface area contributed by atoms with Crippen molar-refractivity contribution in [2.24, 2.45) is 4.99 Å². The SMILES string of the molecule is CCNC(=NCc1oc2ccccc2c1C)NCCN1CCN(C(C)=O)CC1. The fourth-order valence-corrected chi connectivity index (χ4v) is 3.49. The molecule has 1 saturated heterocycles. The number of carbonyl (C=O) groups is 1. The number of hydrogen-bond donors (Lipinski definition) is 2. The summed E-state index contributed by atoms with van der Waals surface area (Å²) in [5.74, 6) is 1.86. The predicted octanol–water partition coefficient (Wildman–Crippen LogP) is 1.96. The Hall–Kier alpha value is -2.54. The van der Waals surface area contributed by atoms with Crippen molar-refractivity contribution in [3.8, 4) is 0 Å². The molecule has 0 spiro atoms. The third-order valence-electron chi connectivity index (χ3n) is 5.21. The van der Waals surface area contributed by atoms with Crippen molar-refractivity contribution in [3.63, 3.8) is 0 Å². The number of hydrogen-bond acceptors (Lipinski definition) is 4. The number of nitrogens with one attached hydrogen (secondary N) is 2. The van der Waals surface area contributed by atoms with Crippen LogP contribution in [-0.2, 0) is 11.3 Å². The van der Waals surface area contributed by atoms with Crippen molar-refractivity contribution in [1.82, 2.24) is 20.4 Å². The van der Waals surface area contributed by atoms with Gasteiger partial charge in [-0.05, 0) is 19.9 Å². The van der Waals surface area contributed by atoms with Crippen LogP contribution in [0.2, 0.25) is 0 Å². The average molecular weight is 386 g/mol. The van der Waals surface area contributed by atoms with E-state index in [4.69, 9.17) is 4.42 Å². The zero-order chi connectivity index (χ0) is 19.9. The summed E-state index contributed by atoms with van der Waals surface area (Å²) in [7, 11) is 0. The van der Waals surface area contributed by atoms with Crippen molar-refractivity contribution >= 4 is 22.8 Å². The molecule has 1 aromatic carbocycles. The Balaban J connectivity index is 1.51. The first kappa shape index (κ1) is 20.2. The first-order chi connectivity index (χ1) is 13.6. The van der Waals surface area contributed by atoms with E-state index < -0.39 is 0 Å². The van der Waals surface area contributed by atoms with Crippen LogP contribution >= 0.6 is 0 Å². The summed E-state index contributed by atoms with van der Waals surface area (Å²) in [5.41, 5.74) is 2.06. The summed E-state index contributed by atoms with van der Waals surface area (Å²) >= 11 is 0. The minimum Gasteiger partial charge on any atom is -0.459 e. The molecule has 7 nitrogen and oxygen atoms in total. The third kappa shape index (κ3) is 5.04. The highest BCUT2D eigenvalue weighted by atomic mass is 16.3. The van der Waals surface area contributed by atoms with Crippen LogP contribution in [0.25, 0.3) is 11.0 Å². The maximum atomic E-state index is 11.4. The molecular formula is C21H31N5O2. The molecule has 2 heterocycles. The maximum Gasteiger partial charge on any atom is 0.219 e. The summed E-state index contributed by atoms with van der Waals surface area (Å²) in [6.07, 6.45) is 0. The highest BCUT2D eigenvalue weighted by Gasteiger charge is 2.18. The second-order valence-corrected chi connectivity index (χ2v) is 7.12. The number of benzene rings is 1. The highest BCUT2D eigenvalue weighted by Crippen LogP contribution is 2.25. The number of nitrogens with zero attached hydrogens (tertiary/aromatic N) is 3. The van der Waals surface area contributed by atoms with E-state index >= 15 is 0 Å². The number of carbonyl (C=O) groups excluding carboxylic acids is 1. The molecular weight excluding hydrogens is 354 g/mol. The van der Waals surface area contributed by atoms with Crippen molar-refractivity contribution in [3.05, 3.63) is 35.6 Å². The van der Waals surface area contributed by atoms with Crippen LogP contribution in [0.15, 0.2) is 33.7 Å². The normalized spacial score (nSPS) is 15.8. The second-order valence-electron chi connectivity index (χ2n) is 7.12. The Morgan fingerprint density at radius 2 is 1.93 bits per heavy atom. The smallest absolute Gasteiger partial charge is 0.219 e. The Labute approximate surface area is 166 Å². The van der Waals surface area contributed by atoms with Gasteiger partial charge < -0.3 is 20.0 Å². The molecule has 7 heteroatoms. The highest BCUT2D eigenvalue weighted by molar-refractivity contribution is 5.82. The Kier molecular flexibility index (Phi) is 6.92.